The van der Waals surface area contributed by atoms with Gasteiger partial charge in [-0.15, -0.1) is 0 Å². The van der Waals surface area contributed by atoms with Crippen LogP contribution < -0.4 is 5.32 Å². The lowest BCUT2D eigenvalue weighted by Crippen LogP contribution is -2.48. The van der Waals surface area contributed by atoms with E-state index in [0.717, 1.165) is 57.3 Å². The summed E-state index contributed by atoms with van der Waals surface area (Å²) in [6.45, 7) is 6.92. The van der Waals surface area contributed by atoms with Gasteiger partial charge in [0.2, 0.25) is 0 Å². The number of anilines is 1. The Bertz CT molecular complexity index is 550. The zero-order chi connectivity index (χ0) is 15.0. The topological polar surface area (TPSA) is 50.3 Å². The lowest BCUT2D eigenvalue weighted by atomic mass is 9.96. The molecule has 1 aromatic heterocycles. The van der Waals surface area contributed by atoms with Crippen molar-refractivity contribution in [2.45, 2.75) is 51.0 Å². The van der Waals surface area contributed by atoms with Gasteiger partial charge in [-0.2, -0.15) is 0 Å². The van der Waals surface area contributed by atoms with Crippen LogP contribution in [0.4, 0.5) is 5.82 Å². The maximum absolute atomic E-state index is 5.49. The van der Waals surface area contributed by atoms with Gasteiger partial charge in [0, 0.05) is 36.4 Å². The Morgan fingerprint density at radius 2 is 1.91 bits per heavy atom. The van der Waals surface area contributed by atoms with E-state index in [2.05, 4.69) is 15.2 Å². The van der Waals surface area contributed by atoms with E-state index in [-0.39, 0.29) is 0 Å². The third kappa shape index (κ3) is 2.72. The quantitative estimate of drug-likeness (QED) is 0.921. The molecule has 0 unspecified atom stereocenters. The molecule has 4 rings (SSSR count). The van der Waals surface area contributed by atoms with E-state index in [1.807, 2.05) is 6.92 Å². The summed E-state index contributed by atoms with van der Waals surface area (Å²) < 4.78 is 5.49. The molecule has 0 aromatic carbocycles. The maximum Gasteiger partial charge on any atom is 0.133 e. The van der Waals surface area contributed by atoms with Crippen LogP contribution in [0.15, 0.2) is 0 Å². The van der Waals surface area contributed by atoms with Crippen molar-refractivity contribution in [1.82, 2.24) is 14.9 Å². The summed E-state index contributed by atoms with van der Waals surface area (Å²) in [5.74, 6) is 2.00. The van der Waals surface area contributed by atoms with Crippen molar-refractivity contribution < 1.29 is 4.74 Å². The van der Waals surface area contributed by atoms with Crippen LogP contribution in [0, 0.1) is 6.92 Å². The van der Waals surface area contributed by atoms with E-state index >= 15 is 0 Å². The minimum atomic E-state index is 0.351. The van der Waals surface area contributed by atoms with E-state index in [4.69, 9.17) is 9.72 Å². The fourth-order valence-electron chi connectivity index (χ4n) is 3.90. The predicted molar refractivity (Wildman–Crippen MR) is 86.3 cm³/mol. The van der Waals surface area contributed by atoms with Gasteiger partial charge in [-0.25, -0.2) is 9.97 Å². The molecule has 5 nitrogen and oxygen atoms in total. The SMILES string of the molecule is Cc1nc2c(c(NCC3(N4CCOCC4)CC3)n1)CCCC2. The molecule has 2 fully saturated rings. The Morgan fingerprint density at radius 1 is 1.14 bits per heavy atom. The van der Waals surface area contributed by atoms with Crippen molar-refractivity contribution in [1.29, 1.82) is 0 Å². The molecule has 120 valence electrons. The second-order valence-corrected chi connectivity index (χ2v) is 6.93. The van der Waals surface area contributed by atoms with Gasteiger partial charge in [0.05, 0.1) is 13.2 Å². The number of ether oxygens (including phenoxy) is 1. The molecule has 2 heterocycles. The van der Waals surface area contributed by atoms with Crippen LogP contribution >= 0.6 is 0 Å². The molecular formula is C17H26N4O. The zero-order valence-corrected chi connectivity index (χ0v) is 13.5. The first-order valence-corrected chi connectivity index (χ1v) is 8.70. The molecule has 0 radical (unpaired) electrons. The number of nitrogens with zero attached hydrogens (tertiary/aromatic N) is 3. The largest absolute Gasteiger partial charge is 0.379 e. The minimum absolute atomic E-state index is 0.351. The van der Waals surface area contributed by atoms with E-state index < -0.39 is 0 Å². The monoisotopic (exact) mass is 302 g/mol. The molecule has 3 aliphatic rings. The van der Waals surface area contributed by atoms with Crippen LogP contribution in [-0.2, 0) is 17.6 Å². The summed E-state index contributed by atoms with van der Waals surface area (Å²) in [6.07, 6.45) is 7.37. The third-order valence-corrected chi connectivity index (χ3v) is 5.39. The highest BCUT2D eigenvalue weighted by Crippen LogP contribution is 2.42. The highest BCUT2D eigenvalue weighted by Gasteiger charge is 2.48. The highest BCUT2D eigenvalue weighted by atomic mass is 16.5. The van der Waals surface area contributed by atoms with Crippen molar-refractivity contribution in [3.05, 3.63) is 17.1 Å². The Labute approximate surface area is 132 Å². The normalized spacial score (nSPS) is 23.9. The fourth-order valence-corrected chi connectivity index (χ4v) is 3.90. The first-order chi connectivity index (χ1) is 10.8. The highest BCUT2D eigenvalue weighted by molar-refractivity contribution is 5.48. The van der Waals surface area contributed by atoms with Crippen molar-refractivity contribution in [3.8, 4) is 0 Å². The molecule has 22 heavy (non-hydrogen) atoms. The second kappa shape index (κ2) is 5.78. The van der Waals surface area contributed by atoms with Crippen LogP contribution in [0.25, 0.3) is 0 Å². The maximum atomic E-state index is 5.49. The summed E-state index contributed by atoms with van der Waals surface area (Å²) in [5, 5.41) is 3.68. The van der Waals surface area contributed by atoms with Gasteiger partial charge >= 0.3 is 0 Å². The van der Waals surface area contributed by atoms with Gasteiger partial charge in [0.25, 0.3) is 0 Å². The van der Waals surface area contributed by atoms with Gasteiger partial charge in [-0.05, 0) is 45.4 Å². The summed E-state index contributed by atoms with van der Waals surface area (Å²) in [7, 11) is 0. The lowest BCUT2D eigenvalue weighted by molar-refractivity contribution is 0.0125. The molecule has 1 aliphatic heterocycles. The third-order valence-electron chi connectivity index (χ3n) is 5.39. The molecule has 0 spiro atoms. The number of aromatic nitrogens is 2. The number of nitrogens with one attached hydrogen (secondary N) is 1. The van der Waals surface area contributed by atoms with Crippen molar-refractivity contribution in [3.63, 3.8) is 0 Å². The van der Waals surface area contributed by atoms with Gasteiger partial charge in [-0.1, -0.05) is 0 Å². The van der Waals surface area contributed by atoms with Crippen LogP contribution in [0.1, 0.15) is 42.8 Å². The number of aryl methyl sites for hydroxylation is 2. The summed E-state index contributed by atoms with van der Waals surface area (Å²) in [4.78, 5) is 12.0. The minimum Gasteiger partial charge on any atom is -0.379 e. The van der Waals surface area contributed by atoms with E-state index in [0.29, 0.717) is 5.54 Å². The Hall–Kier alpha value is -1.20. The van der Waals surface area contributed by atoms with E-state index in [1.54, 1.807) is 0 Å². The first-order valence-electron chi connectivity index (χ1n) is 8.70. The number of rotatable bonds is 4. The number of hydrogen-bond donors (Lipinski definition) is 1. The molecule has 1 saturated carbocycles. The average Bonchev–Trinajstić information content (AvgIpc) is 3.34. The van der Waals surface area contributed by atoms with Gasteiger partial charge < -0.3 is 10.1 Å². The molecule has 1 aromatic rings. The van der Waals surface area contributed by atoms with Gasteiger partial charge in [0.1, 0.15) is 11.6 Å². The first kappa shape index (κ1) is 14.4. The average molecular weight is 302 g/mol. The van der Waals surface area contributed by atoms with Crippen LogP contribution in [0.5, 0.6) is 0 Å². The molecule has 5 heteroatoms. The lowest BCUT2D eigenvalue weighted by Gasteiger charge is -2.35. The number of hydrogen-bond acceptors (Lipinski definition) is 5. The van der Waals surface area contributed by atoms with Crippen LogP contribution in [0.2, 0.25) is 0 Å². The molecule has 0 bridgehead atoms. The molecule has 0 atom stereocenters. The molecule has 1 saturated heterocycles. The van der Waals surface area contributed by atoms with Crippen LogP contribution in [-0.4, -0.2) is 53.3 Å². The summed E-state index contributed by atoms with van der Waals surface area (Å²) >= 11 is 0. The molecular weight excluding hydrogens is 276 g/mol. The van der Waals surface area contributed by atoms with Crippen molar-refractivity contribution >= 4 is 5.82 Å². The van der Waals surface area contributed by atoms with Gasteiger partial charge in [0.15, 0.2) is 0 Å². The smallest absolute Gasteiger partial charge is 0.133 e. The Kier molecular flexibility index (Phi) is 3.78. The molecule has 1 N–H and O–H groups in total. The zero-order valence-electron chi connectivity index (χ0n) is 13.5. The predicted octanol–water partition coefficient (Wildman–Crippen LogP) is 1.94. The van der Waals surface area contributed by atoms with Crippen molar-refractivity contribution in [2.75, 3.05) is 38.2 Å². The van der Waals surface area contributed by atoms with E-state index in [9.17, 15) is 0 Å². The molecule has 0 amide bonds. The summed E-state index contributed by atoms with van der Waals surface area (Å²) in [6, 6.07) is 0. The number of fused-ring (bicyclic) bond motifs is 1. The second-order valence-electron chi connectivity index (χ2n) is 6.93. The summed E-state index contributed by atoms with van der Waals surface area (Å²) in [5.41, 5.74) is 3.00. The van der Waals surface area contributed by atoms with Crippen molar-refractivity contribution in [2.24, 2.45) is 0 Å². The van der Waals surface area contributed by atoms with Gasteiger partial charge in [-0.3, -0.25) is 4.90 Å². The molecule has 2 aliphatic carbocycles. The fraction of sp³-hybridized carbons (Fsp3) is 0.765. The number of morpholine rings is 1. The standard InChI is InChI=1S/C17H26N4O/c1-13-19-15-5-3-2-4-14(15)16(20-13)18-12-17(6-7-17)21-8-10-22-11-9-21/h2-12H2,1H3,(H,18,19,20). The van der Waals surface area contributed by atoms with Crippen LogP contribution in [0.3, 0.4) is 0 Å². The Balaban J connectivity index is 1.48. The van der Waals surface area contributed by atoms with E-state index in [1.165, 1.54) is 36.9 Å². The Morgan fingerprint density at radius 3 is 2.68 bits per heavy atom.